The second-order valence-corrected chi connectivity index (χ2v) is 9.27. The zero-order valence-corrected chi connectivity index (χ0v) is 21.2. The summed E-state index contributed by atoms with van der Waals surface area (Å²) < 4.78 is 18.0. The number of aliphatic carboxylic acids is 1. The van der Waals surface area contributed by atoms with Crippen LogP contribution < -0.4 is 19.1 Å². The minimum absolute atomic E-state index is 0.394. The number of thiazole rings is 1. The highest BCUT2D eigenvalue weighted by Gasteiger charge is 2.18. The zero-order valence-electron chi connectivity index (χ0n) is 20.4. The first-order valence-corrected chi connectivity index (χ1v) is 12.7. The number of aromatic nitrogens is 1. The Bertz CT molecular complexity index is 1240. The topological polar surface area (TPSA) is 81.1 Å². The molecule has 0 bridgehead atoms. The number of hydrogen-bond acceptors (Lipinski definition) is 7. The second-order valence-electron chi connectivity index (χ2n) is 8.26. The lowest BCUT2D eigenvalue weighted by Gasteiger charge is -2.22. The third kappa shape index (κ3) is 6.66. The van der Waals surface area contributed by atoms with Crippen molar-refractivity contribution in [2.45, 2.75) is 32.4 Å². The molecule has 0 saturated carbocycles. The van der Waals surface area contributed by atoms with Gasteiger partial charge < -0.3 is 24.2 Å². The van der Waals surface area contributed by atoms with Gasteiger partial charge in [-0.05, 0) is 66.9 Å². The van der Waals surface area contributed by atoms with Crippen LogP contribution in [0.1, 0.15) is 25.3 Å². The van der Waals surface area contributed by atoms with Gasteiger partial charge in [0.15, 0.2) is 11.2 Å². The van der Waals surface area contributed by atoms with E-state index < -0.39 is 12.1 Å². The lowest BCUT2D eigenvalue weighted by molar-refractivity contribution is -0.145. The molecule has 8 heteroatoms. The van der Waals surface area contributed by atoms with Crippen molar-refractivity contribution in [1.29, 1.82) is 0 Å². The van der Waals surface area contributed by atoms with Crippen LogP contribution in [-0.4, -0.2) is 42.4 Å². The predicted molar refractivity (Wildman–Crippen MR) is 143 cm³/mol. The lowest BCUT2D eigenvalue weighted by atomic mass is 10.2. The van der Waals surface area contributed by atoms with Crippen LogP contribution >= 0.6 is 11.3 Å². The van der Waals surface area contributed by atoms with Crippen molar-refractivity contribution in [3.8, 4) is 17.2 Å². The minimum atomic E-state index is -0.962. The van der Waals surface area contributed by atoms with Gasteiger partial charge in [0.25, 0.3) is 0 Å². The largest absolute Gasteiger partial charge is 0.497 e. The molecule has 188 valence electrons. The number of hydrogen-bond donors (Lipinski definition) is 1. The number of ether oxygens (including phenoxy) is 3. The summed E-state index contributed by atoms with van der Waals surface area (Å²) >= 11 is 1.66. The van der Waals surface area contributed by atoms with Gasteiger partial charge in [0.1, 0.15) is 17.2 Å². The highest BCUT2D eigenvalue weighted by molar-refractivity contribution is 7.22. The number of fused-ring (bicyclic) bond motifs is 1. The summed E-state index contributed by atoms with van der Waals surface area (Å²) in [5.74, 6) is 1.19. The molecule has 0 amide bonds. The van der Waals surface area contributed by atoms with Crippen molar-refractivity contribution >= 4 is 32.7 Å². The Morgan fingerprint density at radius 2 is 1.81 bits per heavy atom. The van der Waals surface area contributed by atoms with Crippen LogP contribution in [0.3, 0.4) is 0 Å². The van der Waals surface area contributed by atoms with E-state index in [1.807, 2.05) is 60.7 Å². The number of nitrogens with zero attached hydrogens (tertiary/aromatic N) is 2. The van der Waals surface area contributed by atoms with E-state index >= 15 is 0 Å². The number of benzene rings is 3. The molecule has 1 atom stereocenters. The minimum Gasteiger partial charge on any atom is -0.497 e. The van der Waals surface area contributed by atoms with Gasteiger partial charge in [-0.25, -0.2) is 9.78 Å². The number of anilines is 1. The number of carboxylic acid groups (broad SMARTS) is 1. The maximum atomic E-state index is 11.4. The van der Waals surface area contributed by atoms with Crippen LogP contribution in [0.25, 0.3) is 10.2 Å². The fourth-order valence-electron chi connectivity index (χ4n) is 3.77. The molecule has 4 aromatic rings. The molecule has 1 aromatic heterocycles. The number of para-hydroxylation sites is 1. The normalized spacial score (nSPS) is 11.7. The van der Waals surface area contributed by atoms with Crippen LogP contribution in [0.5, 0.6) is 17.2 Å². The SMILES string of the molecule is CCC(Oc1cccc(CN(CCCOc2ccc(OC)cc2)c2nc3ccccc3s2)c1)C(=O)O. The van der Waals surface area contributed by atoms with E-state index in [2.05, 4.69) is 11.0 Å². The molecule has 0 aliphatic heterocycles. The average molecular weight is 507 g/mol. The van der Waals surface area contributed by atoms with Crippen LogP contribution in [0.2, 0.25) is 0 Å². The summed E-state index contributed by atoms with van der Waals surface area (Å²) in [5.41, 5.74) is 1.99. The van der Waals surface area contributed by atoms with E-state index in [0.29, 0.717) is 25.3 Å². The fourth-order valence-corrected chi connectivity index (χ4v) is 4.76. The van der Waals surface area contributed by atoms with Crippen molar-refractivity contribution in [2.75, 3.05) is 25.2 Å². The molecule has 0 aliphatic rings. The third-order valence-electron chi connectivity index (χ3n) is 5.65. The highest BCUT2D eigenvalue weighted by Crippen LogP contribution is 2.30. The number of carbonyl (C=O) groups is 1. The first kappa shape index (κ1) is 25.3. The molecule has 36 heavy (non-hydrogen) atoms. The van der Waals surface area contributed by atoms with Crippen LogP contribution in [-0.2, 0) is 11.3 Å². The maximum absolute atomic E-state index is 11.4. The Labute approximate surface area is 214 Å². The van der Waals surface area contributed by atoms with E-state index in [0.717, 1.165) is 45.4 Å². The summed E-state index contributed by atoms with van der Waals surface area (Å²) in [6.07, 6.45) is 0.330. The zero-order chi connectivity index (χ0) is 25.3. The molecular weight excluding hydrogens is 476 g/mol. The quantitative estimate of drug-likeness (QED) is 0.222. The summed E-state index contributed by atoms with van der Waals surface area (Å²) in [6, 6.07) is 23.3. The van der Waals surface area contributed by atoms with Gasteiger partial charge in [0, 0.05) is 13.1 Å². The molecular formula is C28H30N2O5S. The van der Waals surface area contributed by atoms with E-state index in [-0.39, 0.29) is 0 Å². The molecule has 7 nitrogen and oxygen atoms in total. The van der Waals surface area contributed by atoms with Gasteiger partial charge in [-0.3, -0.25) is 0 Å². The van der Waals surface area contributed by atoms with Crippen molar-refractivity contribution in [3.63, 3.8) is 0 Å². The van der Waals surface area contributed by atoms with Crippen LogP contribution in [0.4, 0.5) is 5.13 Å². The van der Waals surface area contributed by atoms with E-state index in [1.54, 1.807) is 31.4 Å². The van der Waals surface area contributed by atoms with E-state index in [1.165, 1.54) is 0 Å². The van der Waals surface area contributed by atoms with Crippen LogP contribution in [0.15, 0.2) is 72.8 Å². The van der Waals surface area contributed by atoms with Crippen molar-refractivity contribution in [3.05, 3.63) is 78.4 Å². The van der Waals surface area contributed by atoms with Gasteiger partial charge in [-0.2, -0.15) is 0 Å². The smallest absolute Gasteiger partial charge is 0.344 e. The van der Waals surface area contributed by atoms with Crippen molar-refractivity contribution < 1.29 is 24.1 Å². The maximum Gasteiger partial charge on any atom is 0.344 e. The van der Waals surface area contributed by atoms with Gasteiger partial charge in [-0.1, -0.05) is 42.5 Å². The monoisotopic (exact) mass is 506 g/mol. The number of methoxy groups -OCH3 is 1. The fraction of sp³-hybridized carbons (Fsp3) is 0.286. The molecule has 1 unspecified atom stereocenters. The molecule has 1 N–H and O–H groups in total. The molecule has 3 aromatic carbocycles. The summed E-state index contributed by atoms with van der Waals surface area (Å²) in [6.45, 7) is 3.72. The van der Waals surface area contributed by atoms with Crippen molar-refractivity contribution in [2.24, 2.45) is 0 Å². The Morgan fingerprint density at radius 3 is 2.53 bits per heavy atom. The Balaban J connectivity index is 1.46. The van der Waals surface area contributed by atoms with Gasteiger partial charge in [0.05, 0.1) is 23.9 Å². The number of carboxylic acids is 1. The Hall–Kier alpha value is -3.78. The molecule has 0 radical (unpaired) electrons. The van der Waals surface area contributed by atoms with Crippen molar-refractivity contribution in [1.82, 2.24) is 4.98 Å². The second kappa shape index (κ2) is 12.3. The molecule has 4 rings (SSSR count). The van der Waals surface area contributed by atoms with E-state index in [4.69, 9.17) is 19.2 Å². The highest BCUT2D eigenvalue weighted by atomic mass is 32.1. The summed E-state index contributed by atoms with van der Waals surface area (Å²) in [5, 5.41) is 10.3. The third-order valence-corrected chi connectivity index (χ3v) is 6.75. The summed E-state index contributed by atoms with van der Waals surface area (Å²) in [4.78, 5) is 18.5. The molecule has 1 heterocycles. The molecule has 0 spiro atoms. The van der Waals surface area contributed by atoms with Gasteiger partial charge in [0.2, 0.25) is 0 Å². The van der Waals surface area contributed by atoms with Gasteiger partial charge >= 0.3 is 5.97 Å². The predicted octanol–water partition coefficient (Wildman–Crippen LogP) is 6.02. The lowest BCUT2D eigenvalue weighted by Crippen LogP contribution is -2.26. The Kier molecular flexibility index (Phi) is 8.62. The average Bonchev–Trinajstić information content (AvgIpc) is 3.34. The number of rotatable bonds is 13. The summed E-state index contributed by atoms with van der Waals surface area (Å²) in [7, 11) is 1.64. The molecule has 0 saturated heterocycles. The standard InChI is InChI=1S/C28H30N2O5S/c1-3-25(27(31)32)35-23-9-6-8-20(18-23)19-30(28-29-24-10-4-5-11-26(24)36-28)16-7-17-34-22-14-12-21(33-2)13-15-22/h4-6,8-15,18,25H,3,7,16-17,19H2,1-2H3,(H,31,32). The van der Waals surface area contributed by atoms with Crippen LogP contribution in [0, 0.1) is 0 Å². The molecule has 0 fully saturated rings. The van der Waals surface area contributed by atoms with E-state index in [9.17, 15) is 9.90 Å². The first-order chi connectivity index (χ1) is 17.6. The first-order valence-electron chi connectivity index (χ1n) is 11.9. The molecule has 0 aliphatic carbocycles. The Morgan fingerprint density at radius 1 is 1.03 bits per heavy atom. The van der Waals surface area contributed by atoms with Gasteiger partial charge in [-0.15, -0.1) is 0 Å².